The number of carboxylic acids is 1. The topological polar surface area (TPSA) is 40.5 Å². The molecule has 0 aromatic rings. The fraction of sp³-hybridized carbons (Fsp3) is 0.941. The highest BCUT2D eigenvalue weighted by Crippen LogP contribution is 2.40. The van der Waals surface area contributed by atoms with Crippen molar-refractivity contribution in [3.8, 4) is 0 Å². The van der Waals surface area contributed by atoms with Gasteiger partial charge in [0.2, 0.25) is 0 Å². The van der Waals surface area contributed by atoms with E-state index in [0.717, 1.165) is 51.2 Å². The molecule has 1 saturated carbocycles. The van der Waals surface area contributed by atoms with Crippen LogP contribution in [-0.2, 0) is 4.79 Å². The molecule has 1 heterocycles. The number of carboxylic acid groups (broad SMARTS) is 1. The average Bonchev–Trinajstić information content (AvgIpc) is 2.68. The molecule has 0 spiro atoms. The van der Waals surface area contributed by atoms with Gasteiger partial charge in [0.15, 0.2) is 0 Å². The van der Waals surface area contributed by atoms with Gasteiger partial charge in [-0.15, -0.1) is 0 Å². The Morgan fingerprint density at radius 2 is 1.80 bits per heavy atom. The Bertz CT molecular complexity index is 339. The molecule has 0 aromatic heterocycles. The molecule has 2 fully saturated rings. The average molecular weight is 281 g/mol. The van der Waals surface area contributed by atoms with Gasteiger partial charge in [0.1, 0.15) is 0 Å². The van der Waals surface area contributed by atoms with Gasteiger partial charge in [-0.25, -0.2) is 0 Å². The van der Waals surface area contributed by atoms with Crippen LogP contribution in [0.5, 0.6) is 0 Å². The normalized spacial score (nSPS) is 28.2. The van der Waals surface area contributed by atoms with Crippen LogP contribution in [0.15, 0.2) is 0 Å². The molecule has 3 nitrogen and oxygen atoms in total. The van der Waals surface area contributed by atoms with Crippen LogP contribution in [0.25, 0.3) is 0 Å². The first-order valence-electron chi connectivity index (χ1n) is 8.29. The summed E-state index contributed by atoms with van der Waals surface area (Å²) in [6.45, 7) is 9.95. The number of nitrogens with zero attached hydrogens (tertiary/aromatic N) is 1. The highest BCUT2D eigenvalue weighted by atomic mass is 16.4. The van der Waals surface area contributed by atoms with E-state index in [0.29, 0.717) is 5.41 Å². The van der Waals surface area contributed by atoms with E-state index in [-0.39, 0.29) is 0 Å². The third kappa shape index (κ3) is 3.55. The standard InChI is InChI=1S/C17H31NO2/c1-16(2,3)14-7-6-11-18(12-8-14)13-17(15(19)20)9-4-5-10-17/h14H,4-13H2,1-3H3,(H,19,20). The molecule has 2 aliphatic rings. The summed E-state index contributed by atoms with van der Waals surface area (Å²) in [4.78, 5) is 14.1. The molecule has 1 aliphatic heterocycles. The van der Waals surface area contributed by atoms with Gasteiger partial charge in [0.05, 0.1) is 5.41 Å². The summed E-state index contributed by atoms with van der Waals surface area (Å²) in [5.74, 6) is 0.212. The van der Waals surface area contributed by atoms with Crippen LogP contribution in [-0.4, -0.2) is 35.6 Å². The maximum Gasteiger partial charge on any atom is 0.310 e. The minimum Gasteiger partial charge on any atom is -0.481 e. The smallest absolute Gasteiger partial charge is 0.310 e. The van der Waals surface area contributed by atoms with Crippen molar-refractivity contribution in [2.45, 2.75) is 65.7 Å². The number of likely N-dealkylation sites (tertiary alicyclic amines) is 1. The summed E-state index contributed by atoms with van der Waals surface area (Å²) in [6, 6.07) is 0. The molecule has 1 saturated heterocycles. The summed E-state index contributed by atoms with van der Waals surface area (Å²) in [5, 5.41) is 9.62. The van der Waals surface area contributed by atoms with E-state index in [4.69, 9.17) is 0 Å². The fourth-order valence-corrected chi connectivity index (χ4v) is 4.10. The van der Waals surface area contributed by atoms with Crippen molar-refractivity contribution in [1.82, 2.24) is 4.90 Å². The van der Waals surface area contributed by atoms with Crippen molar-refractivity contribution in [3.05, 3.63) is 0 Å². The molecule has 116 valence electrons. The van der Waals surface area contributed by atoms with Gasteiger partial charge in [0, 0.05) is 6.54 Å². The molecular weight excluding hydrogens is 250 g/mol. The zero-order valence-electron chi connectivity index (χ0n) is 13.5. The van der Waals surface area contributed by atoms with Crippen molar-refractivity contribution < 1.29 is 9.90 Å². The van der Waals surface area contributed by atoms with Gasteiger partial charge in [-0.2, -0.15) is 0 Å². The molecule has 1 N–H and O–H groups in total. The summed E-state index contributed by atoms with van der Waals surface area (Å²) >= 11 is 0. The Labute approximate surface area is 123 Å². The van der Waals surface area contributed by atoms with Crippen molar-refractivity contribution in [3.63, 3.8) is 0 Å². The fourth-order valence-electron chi connectivity index (χ4n) is 4.10. The Balaban J connectivity index is 1.95. The summed E-state index contributed by atoms with van der Waals surface area (Å²) in [7, 11) is 0. The van der Waals surface area contributed by atoms with Gasteiger partial charge in [-0.1, -0.05) is 33.6 Å². The lowest BCUT2D eigenvalue weighted by molar-refractivity contribution is -0.149. The van der Waals surface area contributed by atoms with Gasteiger partial charge >= 0.3 is 5.97 Å². The predicted octanol–water partition coefficient (Wildman–Crippen LogP) is 3.78. The van der Waals surface area contributed by atoms with Crippen LogP contribution in [0.4, 0.5) is 0 Å². The molecular formula is C17H31NO2. The molecule has 0 bridgehead atoms. The minimum atomic E-state index is -0.563. The first kappa shape index (κ1) is 15.8. The largest absolute Gasteiger partial charge is 0.481 e. The number of aliphatic carboxylic acids is 1. The van der Waals surface area contributed by atoms with Crippen LogP contribution < -0.4 is 0 Å². The minimum absolute atomic E-state index is 0.383. The van der Waals surface area contributed by atoms with Crippen molar-refractivity contribution in [2.75, 3.05) is 19.6 Å². The van der Waals surface area contributed by atoms with Crippen molar-refractivity contribution >= 4 is 5.97 Å². The van der Waals surface area contributed by atoms with Gasteiger partial charge in [-0.05, 0) is 56.5 Å². The van der Waals surface area contributed by atoms with Crippen LogP contribution in [0.1, 0.15) is 65.7 Å². The van der Waals surface area contributed by atoms with Crippen LogP contribution in [0.3, 0.4) is 0 Å². The molecule has 3 heteroatoms. The van der Waals surface area contributed by atoms with Gasteiger partial charge in [-0.3, -0.25) is 4.79 Å². The Morgan fingerprint density at radius 1 is 1.15 bits per heavy atom. The molecule has 1 aliphatic carbocycles. The molecule has 0 amide bonds. The quantitative estimate of drug-likeness (QED) is 0.856. The first-order valence-corrected chi connectivity index (χ1v) is 8.29. The van der Waals surface area contributed by atoms with E-state index in [2.05, 4.69) is 25.7 Å². The second kappa shape index (κ2) is 6.05. The molecule has 1 atom stereocenters. The van der Waals surface area contributed by atoms with E-state index in [1.54, 1.807) is 0 Å². The van der Waals surface area contributed by atoms with E-state index < -0.39 is 11.4 Å². The highest BCUT2D eigenvalue weighted by molar-refractivity contribution is 5.75. The lowest BCUT2D eigenvalue weighted by Gasteiger charge is -2.32. The lowest BCUT2D eigenvalue weighted by Crippen LogP contribution is -2.42. The Morgan fingerprint density at radius 3 is 2.35 bits per heavy atom. The van der Waals surface area contributed by atoms with Crippen LogP contribution >= 0.6 is 0 Å². The molecule has 2 rings (SSSR count). The van der Waals surface area contributed by atoms with E-state index in [1.807, 2.05) is 0 Å². The second-order valence-electron chi connectivity index (χ2n) is 8.06. The Hall–Kier alpha value is -0.570. The maximum atomic E-state index is 11.7. The third-order valence-corrected chi connectivity index (χ3v) is 5.59. The highest BCUT2D eigenvalue weighted by Gasteiger charge is 2.42. The molecule has 1 unspecified atom stereocenters. The second-order valence-corrected chi connectivity index (χ2v) is 8.06. The summed E-state index contributed by atoms with van der Waals surface area (Å²) in [5.41, 5.74) is -0.0601. The number of rotatable bonds is 3. The van der Waals surface area contributed by atoms with Gasteiger partial charge < -0.3 is 10.0 Å². The number of hydrogen-bond donors (Lipinski definition) is 1. The maximum absolute atomic E-state index is 11.7. The van der Waals surface area contributed by atoms with Gasteiger partial charge in [0.25, 0.3) is 0 Å². The molecule has 0 aromatic carbocycles. The van der Waals surface area contributed by atoms with Crippen LogP contribution in [0.2, 0.25) is 0 Å². The summed E-state index contributed by atoms with van der Waals surface area (Å²) < 4.78 is 0. The molecule has 20 heavy (non-hydrogen) atoms. The lowest BCUT2D eigenvalue weighted by atomic mass is 9.77. The zero-order valence-corrected chi connectivity index (χ0v) is 13.5. The van der Waals surface area contributed by atoms with E-state index >= 15 is 0 Å². The van der Waals surface area contributed by atoms with Crippen molar-refractivity contribution in [2.24, 2.45) is 16.7 Å². The van der Waals surface area contributed by atoms with Crippen molar-refractivity contribution in [1.29, 1.82) is 0 Å². The molecule has 0 radical (unpaired) electrons. The zero-order chi connectivity index (χ0) is 14.8. The van der Waals surface area contributed by atoms with E-state index in [1.165, 1.54) is 19.3 Å². The third-order valence-electron chi connectivity index (χ3n) is 5.59. The van der Waals surface area contributed by atoms with Crippen LogP contribution in [0, 0.1) is 16.7 Å². The SMILES string of the molecule is CC(C)(C)C1CCCN(CC2(C(=O)O)CCCC2)CC1. The summed E-state index contributed by atoms with van der Waals surface area (Å²) in [6.07, 6.45) is 7.66. The van der Waals surface area contributed by atoms with E-state index in [9.17, 15) is 9.90 Å². The number of carbonyl (C=O) groups is 1. The Kier molecular flexibility index (Phi) is 4.78. The predicted molar refractivity (Wildman–Crippen MR) is 81.8 cm³/mol. The number of hydrogen-bond acceptors (Lipinski definition) is 2. The first-order chi connectivity index (χ1) is 9.33. The monoisotopic (exact) mass is 281 g/mol.